The van der Waals surface area contributed by atoms with Gasteiger partial charge < -0.3 is 10.5 Å². The topological polar surface area (TPSA) is 35.2 Å². The zero-order valence-corrected chi connectivity index (χ0v) is 10.6. The molecule has 19 heavy (non-hydrogen) atoms. The van der Waals surface area contributed by atoms with Crippen molar-refractivity contribution in [2.75, 3.05) is 7.11 Å². The van der Waals surface area contributed by atoms with Crippen LogP contribution in [0, 0.1) is 11.6 Å². The highest BCUT2D eigenvalue weighted by Crippen LogP contribution is 2.23. The molecule has 0 aliphatic heterocycles. The fourth-order valence-corrected chi connectivity index (χ4v) is 1.94. The Morgan fingerprint density at radius 1 is 1.16 bits per heavy atom. The molecule has 0 saturated carbocycles. The second-order valence-corrected chi connectivity index (χ2v) is 4.33. The van der Waals surface area contributed by atoms with Crippen LogP contribution in [-0.2, 0) is 6.42 Å². The van der Waals surface area contributed by atoms with Gasteiger partial charge in [0.05, 0.1) is 7.11 Å². The van der Waals surface area contributed by atoms with Gasteiger partial charge in [-0.25, -0.2) is 8.78 Å². The van der Waals surface area contributed by atoms with Gasteiger partial charge >= 0.3 is 0 Å². The molecule has 2 aromatic rings. The van der Waals surface area contributed by atoms with Crippen molar-refractivity contribution in [3.8, 4) is 5.75 Å². The van der Waals surface area contributed by atoms with Gasteiger partial charge in [-0.05, 0) is 41.8 Å². The van der Waals surface area contributed by atoms with E-state index in [1.54, 1.807) is 18.2 Å². The van der Waals surface area contributed by atoms with E-state index in [1.807, 2.05) is 6.07 Å². The molecule has 4 heteroatoms. The van der Waals surface area contributed by atoms with Gasteiger partial charge in [0.2, 0.25) is 0 Å². The van der Waals surface area contributed by atoms with Crippen molar-refractivity contribution in [3.63, 3.8) is 0 Å². The SMILES string of the molecule is COc1cc(C(N)Cc2cccc(F)c2)ccc1F. The van der Waals surface area contributed by atoms with Crippen LogP contribution >= 0.6 is 0 Å². The van der Waals surface area contributed by atoms with Crippen molar-refractivity contribution in [1.29, 1.82) is 0 Å². The molecule has 2 rings (SSSR count). The molecular formula is C15H15F2NO. The molecule has 0 bridgehead atoms. The van der Waals surface area contributed by atoms with Crippen molar-refractivity contribution >= 4 is 0 Å². The molecule has 0 saturated heterocycles. The molecule has 0 aliphatic carbocycles. The van der Waals surface area contributed by atoms with E-state index >= 15 is 0 Å². The van der Waals surface area contributed by atoms with Crippen LogP contribution in [0.2, 0.25) is 0 Å². The number of methoxy groups -OCH3 is 1. The number of halogens is 2. The van der Waals surface area contributed by atoms with Gasteiger partial charge in [-0.2, -0.15) is 0 Å². The van der Waals surface area contributed by atoms with Crippen LogP contribution in [0.3, 0.4) is 0 Å². The smallest absolute Gasteiger partial charge is 0.165 e. The second kappa shape index (κ2) is 5.80. The minimum Gasteiger partial charge on any atom is -0.494 e. The third kappa shape index (κ3) is 3.29. The number of hydrogen-bond acceptors (Lipinski definition) is 2. The summed E-state index contributed by atoms with van der Waals surface area (Å²) in [4.78, 5) is 0. The summed E-state index contributed by atoms with van der Waals surface area (Å²) >= 11 is 0. The molecule has 0 amide bonds. The first-order chi connectivity index (χ1) is 9.10. The maximum atomic E-state index is 13.3. The fraction of sp³-hybridized carbons (Fsp3) is 0.200. The lowest BCUT2D eigenvalue weighted by Crippen LogP contribution is -2.13. The van der Waals surface area contributed by atoms with E-state index in [-0.39, 0.29) is 17.6 Å². The molecule has 0 aliphatic rings. The largest absolute Gasteiger partial charge is 0.494 e. The molecule has 0 radical (unpaired) electrons. The fourth-order valence-electron chi connectivity index (χ4n) is 1.94. The zero-order valence-electron chi connectivity index (χ0n) is 10.6. The highest BCUT2D eigenvalue weighted by molar-refractivity contribution is 5.33. The van der Waals surface area contributed by atoms with Crippen LogP contribution in [0.15, 0.2) is 42.5 Å². The number of rotatable bonds is 4. The Bertz CT molecular complexity index is 572. The number of hydrogen-bond donors (Lipinski definition) is 1. The van der Waals surface area contributed by atoms with Crippen LogP contribution in [-0.4, -0.2) is 7.11 Å². The van der Waals surface area contributed by atoms with Crippen molar-refractivity contribution in [2.45, 2.75) is 12.5 Å². The molecular weight excluding hydrogens is 248 g/mol. The van der Waals surface area contributed by atoms with Crippen LogP contribution in [0.5, 0.6) is 5.75 Å². The lowest BCUT2D eigenvalue weighted by atomic mass is 9.99. The van der Waals surface area contributed by atoms with Gasteiger partial charge in [0.25, 0.3) is 0 Å². The normalized spacial score (nSPS) is 12.2. The summed E-state index contributed by atoms with van der Waals surface area (Å²) in [5, 5.41) is 0. The number of benzene rings is 2. The predicted octanol–water partition coefficient (Wildman–Crippen LogP) is 3.22. The molecule has 2 N–H and O–H groups in total. The molecule has 0 spiro atoms. The molecule has 2 aromatic carbocycles. The van der Waals surface area contributed by atoms with Crippen molar-refractivity contribution in [2.24, 2.45) is 5.73 Å². The van der Waals surface area contributed by atoms with Crippen LogP contribution < -0.4 is 10.5 Å². The van der Waals surface area contributed by atoms with E-state index in [1.165, 1.54) is 25.3 Å². The number of ether oxygens (including phenoxy) is 1. The Kier molecular flexibility index (Phi) is 4.12. The molecule has 0 aromatic heterocycles. The lowest BCUT2D eigenvalue weighted by molar-refractivity contribution is 0.385. The van der Waals surface area contributed by atoms with E-state index in [0.717, 1.165) is 11.1 Å². The first-order valence-corrected chi connectivity index (χ1v) is 5.93. The van der Waals surface area contributed by atoms with Crippen molar-refractivity contribution in [1.82, 2.24) is 0 Å². The Labute approximate surface area is 110 Å². The first kappa shape index (κ1) is 13.5. The second-order valence-electron chi connectivity index (χ2n) is 4.33. The highest BCUT2D eigenvalue weighted by Gasteiger charge is 2.11. The highest BCUT2D eigenvalue weighted by atomic mass is 19.1. The van der Waals surface area contributed by atoms with E-state index in [9.17, 15) is 8.78 Å². The summed E-state index contributed by atoms with van der Waals surface area (Å²) < 4.78 is 31.3. The minimum absolute atomic E-state index is 0.159. The zero-order chi connectivity index (χ0) is 13.8. The monoisotopic (exact) mass is 263 g/mol. The Morgan fingerprint density at radius 2 is 1.95 bits per heavy atom. The van der Waals surface area contributed by atoms with E-state index in [0.29, 0.717) is 6.42 Å². The van der Waals surface area contributed by atoms with Gasteiger partial charge in [-0.15, -0.1) is 0 Å². The first-order valence-electron chi connectivity index (χ1n) is 5.93. The number of nitrogens with two attached hydrogens (primary N) is 1. The quantitative estimate of drug-likeness (QED) is 0.919. The average molecular weight is 263 g/mol. The van der Waals surface area contributed by atoms with Crippen molar-refractivity contribution in [3.05, 3.63) is 65.2 Å². The summed E-state index contributed by atoms with van der Waals surface area (Å²) in [5.74, 6) is -0.558. The van der Waals surface area contributed by atoms with Crippen LogP contribution in [0.25, 0.3) is 0 Å². The molecule has 0 fully saturated rings. The Hall–Kier alpha value is -1.94. The molecule has 2 nitrogen and oxygen atoms in total. The summed E-state index contributed by atoms with van der Waals surface area (Å²) in [6.45, 7) is 0. The molecule has 1 unspecified atom stereocenters. The maximum absolute atomic E-state index is 13.3. The summed E-state index contributed by atoms with van der Waals surface area (Å²) in [6.07, 6.45) is 0.479. The van der Waals surface area contributed by atoms with Crippen LogP contribution in [0.4, 0.5) is 8.78 Å². The van der Waals surface area contributed by atoms with Gasteiger partial charge in [-0.3, -0.25) is 0 Å². The van der Waals surface area contributed by atoms with E-state index in [4.69, 9.17) is 10.5 Å². The van der Waals surface area contributed by atoms with Gasteiger partial charge in [0, 0.05) is 6.04 Å². The van der Waals surface area contributed by atoms with Gasteiger partial charge in [-0.1, -0.05) is 18.2 Å². The van der Waals surface area contributed by atoms with Gasteiger partial charge in [0.1, 0.15) is 5.82 Å². The summed E-state index contributed by atoms with van der Waals surface area (Å²) in [6, 6.07) is 10.4. The van der Waals surface area contributed by atoms with Gasteiger partial charge in [0.15, 0.2) is 11.6 Å². The Morgan fingerprint density at radius 3 is 2.63 bits per heavy atom. The third-order valence-electron chi connectivity index (χ3n) is 2.95. The average Bonchev–Trinajstić information content (AvgIpc) is 2.39. The van der Waals surface area contributed by atoms with Crippen molar-refractivity contribution < 1.29 is 13.5 Å². The summed E-state index contributed by atoms with van der Waals surface area (Å²) in [5.41, 5.74) is 7.60. The minimum atomic E-state index is -0.427. The standard InChI is InChI=1S/C15H15F2NO/c1-19-15-9-11(5-6-13(15)17)14(18)8-10-3-2-4-12(16)7-10/h2-7,9,14H,8,18H2,1H3. The molecule has 1 atom stereocenters. The van der Waals surface area contributed by atoms with Crippen LogP contribution in [0.1, 0.15) is 17.2 Å². The predicted molar refractivity (Wildman–Crippen MR) is 70.0 cm³/mol. The lowest BCUT2D eigenvalue weighted by Gasteiger charge is -2.13. The maximum Gasteiger partial charge on any atom is 0.165 e. The van der Waals surface area contributed by atoms with E-state index < -0.39 is 5.82 Å². The Balaban J connectivity index is 2.18. The molecule has 100 valence electrons. The third-order valence-corrected chi connectivity index (χ3v) is 2.95. The van der Waals surface area contributed by atoms with E-state index in [2.05, 4.69) is 0 Å². The molecule has 0 heterocycles. The summed E-state index contributed by atoms with van der Waals surface area (Å²) in [7, 11) is 1.40.